The van der Waals surface area contributed by atoms with Crippen LogP contribution >= 0.6 is 15.9 Å². The molecule has 0 aliphatic carbocycles. The Bertz CT molecular complexity index is 411. The summed E-state index contributed by atoms with van der Waals surface area (Å²) in [6.45, 7) is 3.05. The zero-order chi connectivity index (χ0) is 13.7. The van der Waals surface area contributed by atoms with Gasteiger partial charge in [-0.3, -0.25) is 4.90 Å². The van der Waals surface area contributed by atoms with Crippen LogP contribution in [0.3, 0.4) is 0 Å². The Morgan fingerprint density at radius 1 is 1.42 bits per heavy atom. The van der Waals surface area contributed by atoms with Crippen molar-refractivity contribution >= 4 is 15.9 Å². The molecule has 1 heterocycles. The van der Waals surface area contributed by atoms with Gasteiger partial charge >= 0.3 is 0 Å². The lowest BCUT2D eigenvalue weighted by Gasteiger charge is -2.36. The third-order valence-corrected chi connectivity index (χ3v) is 4.38. The van der Waals surface area contributed by atoms with Crippen molar-refractivity contribution in [1.29, 1.82) is 0 Å². The number of piperidine rings is 1. The number of phenolic OH excluding ortho intramolecular Hbond substituents is 1. The van der Waals surface area contributed by atoms with Gasteiger partial charge in [-0.25, -0.2) is 0 Å². The predicted molar refractivity (Wildman–Crippen MR) is 82.4 cm³/mol. The van der Waals surface area contributed by atoms with Gasteiger partial charge in [-0.05, 0) is 57.6 Å². The van der Waals surface area contributed by atoms with Crippen molar-refractivity contribution < 1.29 is 5.11 Å². The number of aromatic hydroxyl groups is 1. The zero-order valence-corrected chi connectivity index (χ0v) is 13.1. The van der Waals surface area contributed by atoms with E-state index in [1.807, 2.05) is 19.2 Å². The Morgan fingerprint density at radius 3 is 3.05 bits per heavy atom. The molecule has 2 N–H and O–H groups in total. The Hall–Kier alpha value is -0.580. The first-order chi connectivity index (χ1) is 9.20. The molecular weight excluding hydrogens is 304 g/mol. The summed E-state index contributed by atoms with van der Waals surface area (Å²) in [5.74, 6) is 0.404. The molecule has 0 saturated carbocycles. The van der Waals surface area contributed by atoms with Gasteiger partial charge < -0.3 is 10.4 Å². The molecular formula is C15H23BrN2O. The molecule has 1 aromatic rings. The van der Waals surface area contributed by atoms with E-state index in [0.29, 0.717) is 11.8 Å². The number of likely N-dealkylation sites (tertiary alicyclic amines) is 1. The van der Waals surface area contributed by atoms with E-state index >= 15 is 0 Å². The molecule has 0 aromatic heterocycles. The van der Waals surface area contributed by atoms with Crippen LogP contribution in [0, 0.1) is 0 Å². The maximum Gasteiger partial charge on any atom is 0.120 e. The molecule has 1 atom stereocenters. The summed E-state index contributed by atoms with van der Waals surface area (Å²) in [5, 5.41) is 13.2. The van der Waals surface area contributed by atoms with Gasteiger partial charge in [0, 0.05) is 22.6 Å². The van der Waals surface area contributed by atoms with E-state index in [1.54, 1.807) is 6.07 Å². The quantitative estimate of drug-likeness (QED) is 0.872. The number of benzene rings is 1. The van der Waals surface area contributed by atoms with Crippen LogP contribution in [0.1, 0.15) is 31.2 Å². The van der Waals surface area contributed by atoms with Crippen molar-refractivity contribution in [3.63, 3.8) is 0 Å². The summed E-state index contributed by atoms with van der Waals surface area (Å²) in [7, 11) is 2.01. The van der Waals surface area contributed by atoms with Crippen molar-refractivity contribution in [2.45, 2.75) is 38.3 Å². The van der Waals surface area contributed by atoms with Crippen LogP contribution in [0.5, 0.6) is 5.75 Å². The van der Waals surface area contributed by atoms with Crippen LogP contribution in [0.2, 0.25) is 0 Å². The third-order valence-electron chi connectivity index (χ3n) is 3.89. The first-order valence-corrected chi connectivity index (χ1v) is 7.86. The van der Waals surface area contributed by atoms with Crippen LogP contribution in [0.25, 0.3) is 0 Å². The Morgan fingerprint density at radius 2 is 2.26 bits per heavy atom. The van der Waals surface area contributed by atoms with Crippen molar-refractivity contribution in [1.82, 2.24) is 10.2 Å². The highest BCUT2D eigenvalue weighted by Gasteiger charge is 2.22. The van der Waals surface area contributed by atoms with Gasteiger partial charge in [-0.2, -0.15) is 0 Å². The summed E-state index contributed by atoms with van der Waals surface area (Å²) in [4.78, 5) is 2.52. The second-order valence-electron chi connectivity index (χ2n) is 5.29. The molecule has 3 nitrogen and oxygen atoms in total. The predicted octanol–water partition coefficient (Wildman–Crippen LogP) is 3.12. The lowest BCUT2D eigenvalue weighted by atomic mass is 9.98. The van der Waals surface area contributed by atoms with Crippen molar-refractivity contribution in [3.8, 4) is 5.75 Å². The highest BCUT2D eigenvalue weighted by Crippen LogP contribution is 2.27. The normalized spacial score (nSPS) is 20.6. The van der Waals surface area contributed by atoms with Crippen LogP contribution in [0.15, 0.2) is 22.7 Å². The first-order valence-electron chi connectivity index (χ1n) is 7.06. The highest BCUT2D eigenvalue weighted by molar-refractivity contribution is 9.10. The molecule has 1 unspecified atom stereocenters. The minimum Gasteiger partial charge on any atom is -0.508 e. The van der Waals surface area contributed by atoms with E-state index in [2.05, 4.69) is 26.1 Å². The van der Waals surface area contributed by atoms with Crippen LogP contribution in [-0.4, -0.2) is 36.2 Å². The lowest BCUT2D eigenvalue weighted by Crippen LogP contribution is -2.40. The molecule has 106 valence electrons. The van der Waals surface area contributed by atoms with Crippen LogP contribution in [0.4, 0.5) is 0 Å². The molecule has 1 fully saturated rings. The number of rotatable bonds is 5. The van der Waals surface area contributed by atoms with Gasteiger partial charge in [-0.15, -0.1) is 0 Å². The SMILES string of the molecule is CNCCC1CCCCN1Cc1cc(Br)ccc1O. The van der Waals surface area contributed by atoms with Crippen LogP contribution < -0.4 is 5.32 Å². The van der Waals surface area contributed by atoms with Gasteiger partial charge in [0.2, 0.25) is 0 Å². The second kappa shape index (κ2) is 7.27. The Labute approximate surface area is 124 Å². The Kier molecular flexibility index (Phi) is 5.67. The van der Waals surface area contributed by atoms with Gasteiger partial charge in [0.25, 0.3) is 0 Å². The van der Waals surface area contributed by atoms with E-state index in [-0.39, 0.29) is 0 Å². The molecule has 0 spiro atoms. The van der Waals surface area contributed by atoms with Crippen molar-refractivity contribution in [2.75, 3.05) is 20.1 Å². The van der Waals surface area contributed by atoms with E-state index < -0.39 is 0 Å². The van der Waals surface area contributed by atoms with Gasteiger partial charge in [-0.1, -0.05) is 22.4 Å². The monoisotopic (exact) mass is 326 g/mol. The Balaban J connectivity index is 2.04. The lowest BCUT2D eigenvalue weighted by molar-refractivity contribution is 0.131. The fourth-order valence-electron chi connectivity index (χ4n) is 2.81. The zero-order valence-electron chi connectivity index (χ0n) is 11.5. The molecule has 2 rings (SSSR count). The van der Waals surface area contributed by atoms with Gasteiger partial charge in [0.05, 0.1) is 0 Å². The second-order valence-corrected chi connectivity index (χ2v) is 6.20. The van der Waals surface area contributed by atoms with Gasteiger partial charge in [0.1, 0.15) is 5.75 Å². The molecule has 19 heavy (non-hydrogen) atoms. The first kappa shape index (κ1) is 14.8. The van der Waals surface area contributed by atoms with E-state index in [0.717, 1.165) is 29.7 Å². The average Bonchev–Trinajstić information content (AvgIpc) is 2.42. The van der Waals surface area contributed by atoms with E-state index in [1.165, 1.54) is 25.7 Å². The van der Waals surface area contributed by atoms with Crippen molar-refractivity contribution in [3.05, 3.63) is 28.2 Å². The summed E-state index contributed by atoms with van der Waals surface area (Å²) >= 11 is 3.48. The fourth-order valence-corrected chi connectivity index (χ4v) is 3.21. The molecule has 1 aliphatic heterocycles. The summed E-state index contributed by atoms with van der Waals surface area (Å²) in [6, 6.07) is 6.32. The molecule has 1 saturated heterocycles. The standard InChI is InChI=1S/C15H23BrN2O/c1-17-8-7-14-4-2-3-9-18(14)11-12-10-13(16)5-6-15(12)19/h5-6,10,14,17,19H,2-4,7-9,11H2,1H3. The fraction of sp³-hybridized carbons (Fsp3) is 0.600. The van der Waals surface area contributed by atoms with E-state index in [9.17, 15) is 5.11 Å². The number of hydrogen-bond donors (Lipinski definition) is 2. The third kappa shape index (κ3) is 4.20. The summed E-state index contributed by atoms with van der Waals surface area (Å²) in [6.07, 6.45) is 5.06. The molecule has 1 aromatic carbocycles. The molecule has 0 radical (unpaired) electrons. The minimum atomic E-state index is 0.404. The smallest absolute Gasteiger partial charge is 0.120 e. The molecule has 0 amide bonds. The van der Waals surface area contributed by atoms with Crippen molar-refractivity contribution in [2.24, 2.45) is 0 Å². The summed E-state index contributed by atoms with van der Waals surface area (Å²) < 4.78 is 1.03. The van der Waals surface area contributed by atoms with Gasteiger partial charge in [0.15, 0.2) is 0 Å². The average molecular weight is 327 g/mol. The molecule has 1 aliphatic rings. The molecule has 0 bridgehead atoms. The highest BCUT2D eigenvalue weighted by atomic mass is 79.9. The number of hydrogen-bond acceptors (Lipinski definition) is 3. The topological polar surface area (TPSA) is 35.5 Å². The number of nitrogens with one attached hydrogen (secondary N) is 1. The van der Waals surface area contributed by atoms with Crippen LogP contribution in [-0.2, 0) is 6.54 Å². The number of phenols is 1. The minimum absolute atomic E-state index is 0.404. The largest absolute Gasteiger partial charge is 0.508 e. The molecule has 4 heteroatoms. The maximum absolute atomic E-state index is 9.97. The van der Waals surface area contributed by atoms with E-state index in [4.69, 9.17) is 0 Å². The summed E-state index contributed by atoms with van der Waals surface area (Å²) in [5.41, 5.74) is 1.02. The maximum atomic E-state index is 9.97. The number of nitrogens with zero attached hydrogens (tertiary/aromatic N) is 1. The number of halogens is 1.